The summed E-state index contributed by atoms with van der Waals surface area (Å²) in [5, 5.41) is 0. The molecule has 0 radical (unpaired) electrons. The number of alkyl halides is 6. The van der Waals surface area contributed by atoms with Crippen LogP contribution in [0.3, 0.4) is 0 Å². The van der Waals surface area contributed by atoms with Gasteiger partial charge < -0.3 is 9.47 Å². The van der Waals surface area contributed by atoms with Gasteiger partial charge >= 0.3 is 0 Å². The molecule has 2 aromatic carbocycles. The van der Waals surface area contributed by atoms with Crippen LogP contribution in [0.25, 0.3) is 0 Å². The van der Waals surface area contributed by atoms with E-state index in [-0.39, 0.29) is 0 Å². The van der Waals surface area contributed by atoms with Crippen molar-refractivity contribution in [1.82, 2.24) is 0 Å². The molecule has 2 aromatic rings. The van der Waals surface area contributed by atoms with Crippen LogP contribution in [0.4, 0.5) is 0 Å². The molecule has 24 heavy (non-hydrogen) atoms. The van der Waals surface area contributed by atoms with E-state index in [1.165, 1.54) is 0 Å². The predicted molar refractivity (Wildman–Crippen MR) is 121 cm³/mol. The lowest BCUT2D eigenvalue weighted by Gasteiger charge is -2.37. The molecule has 130 valence electrons. The number of hydrogen-bond acceptors (Lipinski definition) is 2. The first-order valence-corrected chi connectivity index (χ1v) is 11.5. The van der Waals surface area contributed by atoms with E-state index in [0.717, 1.165) is 11.5 Å². The zero-order valence-corrected chi connectivity index (χ0v) is 21.5. The van der Waals surface area contributed by atoms with Gasteiger partial charge in [-0.25, -0.2) is 0 Å². The maximum atomic E-state index is 6.18. The number of ether oxygens (including phenoxy) is 2. The molecular weight excluding hydrogens is 704 g/mol. The molecule has 0 heterocycles. The van der Waals surface area contributed by atoms with Crippen molar-refractivity contribution in [2.75, 3.05) is 0 Å². The Morgan fingerprint density at radius 3 is 1.08 bits per heavy atom. The van der Waals surface area contributed by atoms with Crippen molar-refractivity contribution < 1.29 is 9.47 Å². The van der Waals surface area contributed by atoms with E-state index in [1.54, 1.807) is 0 Å². The van der Waals surface area contributed by atoms with Crippen LogP contribution in [0.5, 0.6) is 11.5 Å². The highest BCUT2D eigenvalue weighted by atomic mass is 80.0. The highest BCUT2D eigenvalue weighted by molar-refractivity contribution is 9.40. The summed E-state index contributed by atoms with van der Waals surface area (Å²) in [6.45, 7) is 0. The fourth-order valence-electron chi connectivity index (χ4n) is 1.89. The molecule has 0 saturated heterocycles. The predicted octanol–water partition coefficient (Wildman–Crippen LogP) is 7.56. The fourth-order valence-corrected chi connectivity index (χ4v) is 3.89. The van der Waals surface area contributed by atoms with Crippen LogP contribution in [-0.4, -0.2) is 16.5 Å². The average molecular weight is 716 g/mol. The van der Waals surface area contributed by atoms with E-state index in [9.17, 15) is 0 Å². The second-order valence-corrected chi connectivity index (χ2v) is 18.7. The van der Waals surface area contributed by atoms with Gasteiger partial charge in [0, 0.05) is 0 Å². The number of para-hydroxylation sites is 2. The Bertz CT molecular complexity index is 567. The van der Waals surface area contributed by atoms with Crippen molar-refractivity contribution in [3.05, 3.63) is 60.7 Å². The minimum absolute atomic E-state index is 0.474. The lowest BCUT2D eigenvalue weighted by Crippen LogP contribution is -2.51. The molecule has 0 amide bonds. The summed E-state index contributed by atoms with van der Waals surface area (Å²) in [5.74, 6) is 1.45. The quantitative estimate of drug-likeness (QED) is 0.298. The summed E-state index contributed by atoms with van der Waals surface area (Å²) in [7, 11) is 0. The molecule has 2 nitrogen and oxygen atoms in total. The van der Waals surface area contributed by atoms with Gasteiger partial charge in [-0.05, 0) is 24.3 Å². The molecule has 0 bridgehead atoms. The summed E-state index contributed by atoms with van der Waals surface area (Å²) in [6, 6.07) is 19.1. The van der Waals surface area contributed by atoms with Gasteiger partial charge in [0.2, 0.25) is 0 Å². The lowest BCUT2D eigenvalue weighted by molar-refractivity contribution is 0.0711. The summed E-state index contributed by atoms with van der Waals surface area (Å²) in [6.07, 6.45) is -0.948. The van der Waals surface area contributed by atoms with Gasteiger partial charge in [-0.2, -0.15) is 0 Å². The van der Waals surface area contributed by atoms with Gasteiger partial charge in [-0.3, -0.25) is 0 Å². The molecule has 2 rings (SSSR count). The molecule has 0 aliphatic rings. The van der Waals surface area contributed by atoms with Gasteiger partial charge in [0.1, 0.15) is 11.5 Å². The maximum Gasteiger partial charge on any atom is 0.175 e. The Morgan fingerprint density at radius 2 is 0.833 bits per heavy atom. The summed E-state index contributed by atoms with van der Waals surface area (Å²) in [4.78, 5) is 0. The molecule has 0 aromatic heterocycles. The van der Waals surface area contributed by atoms with Crippen molar-refractivity contribution in [1.29, 1.82) is 0 Å². The van der Waals surface area contributed by atoms with Crippen LogP contribution in [0.2, 0.25) is 0 Å². The van der Waals surface area contributed by atoms with Gasteiger partial charge in [-0.1, -0.05) is 132 Å². The normalized spacial score (nSPS) is 14.8. The van der Waals surface area contributed by atoms with Crippen molar-refractivity contribution in [2.24, 2.45) is 0 Å². The van der Waals surface area contributed by atoms with Crippen molar-refractivity contribution in [2.45, 2.75) is 16.5 Å². The minimum atomic E-state index is -0.719. The van der Waals surface area contributed by atoms with Gasteiger partial charge in [0.15, 0.2) is 16.5 Å². The van der Waals surface area contributed by atoms with Crippen molar-refractivity contribution in [3.8, 4) is 11.5 Å². The first-order valence-electron chi connectivity index (χ1n) is 6.75. The van der Waals surface area contributed by atoms with Gasteiger partial charge in [0.25, 0.3) is 0 Å². The Kier molecular flexibility index (Phi) is 8.15. The monoisotopic (exact) mass is 710 g/mol. The first-order chi connectivity index (χ1) is 11.2. The van der Waals surface area contributed by atoms with Crippen LogP contribution in [-0.2, 0) is 0 Å². The Balaban J connectivity index is 2.34. The summed E-state index contributed by atoms with van der Waals surface area (Å²) < 4.78 is 10.9. The summed E-state index contributed by atoms with van der Waals surface area (Å²) in [5.41, 5.74) is 0. The third-order valence-corrected chi connectivity index (χ3v) is 5.64. The van der Waals surface area contributed by atoms with Gasteiger partial charge in [0.05, 0.1) is 0 Å². The number of hydrogen-bond donors (Lipinski definition) is 0. The Hall–Kier alpha value is 0.920. The largest absolute Gasteiger partial charge is 0.483 e. The van der Waals surface area contributed by atoms with E-state index in [2.05, 4.69) is 95.6 Å². The average Bonchev–Trinajstić information content (AvgIpc) is 2.51. The van der Waals surface area contributed by atoms with Crippen molar-refractivity contribution in [3.63, 3.8) is 0 Å². The Labute approximate surface area is 191 Å². The first kappa shape index (κ1) is 21.2. The lowest BCUT2D eigenvalue weighted by atomic mass is 10.2. The molecular formula is C16H12Br6O2. The van der Waals surface area contributed by atoms with E-state index >= 15 is 0 Å². The Morgan fingerprint density at radius 1 is 0.542 bits per heavy atom. The third-order valence-electron chi connectivity index (χ3n) is 2.93. The van der Waals surface area contributed by atoms with Crippen LogP contribution in [0.15, 0.2) is 60.7 Å². The van der Waals surface area contributed by atoms with E-state index in [1.807, 2.05) is 60.7 Å². The fraction of sp³-hybridized carbons (Fsp3) is 0.250. The molecule has 0 fully saturated rings. The highest BCUT2D eigenvalue weighted by Gasteiger charge is 2.49. The van der Waals surface area contributed by atoms with Crippen LogP contribution in [0.1, 0.15) is 0 Å². The smallest absolute Gasteiger partial charge is 0.175 e. The second kappa shape index (κ2) is 9.22. The SMILES string of the molecule is BrC(Br)(Br)C(Oc1ccccc1)C(Oc1ccccc1)C(Br)(Br)Br. The number of rotatable bonds is 5. The minimum Gasteiger partial charge on any atom is -0.483 e. The molecule has 8 heteroatoms. The van der Waals surface area contributed by atoms with E-state index < -0.39 is 16.5 Å². The maximum absolute atomic E-state index is 6.18. The molecule has 0 spiro atoms. The molecule has 0 aliphatic heterocycles. The van der Waals surface area contributed by atoms with Gasteiger partial charge in [-0.15, -0.1) is 0 Å². The topological polar surface area (TPSA) is 18.5 Å². The second-order valence-electron chi connectivity index (χ2n) is 4.79. The van der Waals surface area contributed by atoms with Crippen molar-refractivity contribution >= 4 is 95.6 Å². The zero-order valence-electron chi connectivity index (χ0n) is 12.0. The van der Waals surface area contributed by atoms with Crippen LogP contribution < -0.4 is 9.47 Å². The number of halogens is 6. The molecule has 2 atom stereocenters. The van der Waals surface area contributed by atoms with E-state index in [4.69, 9.17) is 9.47 Å². The highest BCUT2D eigenvalue weighted by Crippen LogP contribution is 2.48. The standard InChI is InChI=1S/C16H12Br6O2/c17-15(18,19)13(23-11-7-3-1-4-8-11)14(16(20,21)22)24-12-9-5-2-6-10-12/h1-10,13-14H. The summed E-state index contributed by atoms with van der Waals surface area (Å²) >= 11 is 21.4. The van der Waals surface area contributed by atoms with Crippen LogP contribution >= 0.6 is 95.6 Å². The zero-order chi connectivity index (χ0) is 17.8. The van der Waals surface area contributed by atoms with Crippen LogP contribution in [0, 0.1) is 0 Å². The van der Waals surface area contributed by atoms with E-state index in [0.29, 0.717) is 0 Å². The molecule has 0 saturated carbocycles. The molecule has 0 N–H and O–H groups in total. The molecule has 0 aliphatic carbocycles. The number of benzene rings is 2. The molecule has 2 unspecified atom stereocenters. The third kappa shape index (κ3) is 6.58.